The zero-order chi connectivity index (χ0) is 14.0. The quantitative estimate of drug-likeness (QED) is 0.284. The predicted octanol–water partition coefficient (Wildman–Crippen LogP) is 4.16. The molecule has 18 heavy (non-hydrogen) atoms. The van der Waals surface area contributed by atoms with Crippen molar-refractivity contribution < 1.29 is 24.3 Å². The zero-order valence-corrected chi connectivity index (χ0v) is 12.2. The molecule has 0 aromatic carbocycles. The van der Waals surface area contributed by atoms with Gasteiger partial charge >= 0.3 is 6.16 Å². The van der Waals surface area contributed by atoms with Crippen LogP contribution in [0.3, 0.4) is 0 Å². The molecule has 0 N–H and O–H groups in total. The zero-order valence-electron chi connectivity index (χ0n) is 12.2. The summed E-state index contributed by atoms with van der Waals surface area (Å²) in [6, 6.07) is 0. The monoisotopic (exact) mass is 262 g/mol. The summed E-state index contributed by atoms with van der Waals surface area (Å²) >= 11 is 0. The molecular weight excluding hydrogens is 236 g/mol. The third-order valence-corrected chi connectivity index (χ3v) is 2.25. The average Bonchev–Trinajstić information content (AvgIpc) is 2.24. The molecule has 108 valence electrons. The number of rotatable bonds is 8. The fourth-order valence-corrected chi connectivity index (χ4v) is 1.31. The molecule has 0 saturated carbocycles. The Morgan fingerprint density at radius 3 is 2.33 bits per heavy atom. The summed E-state index contributed by atoms with van der Waals surface area (Å²) in [5.41, 5.74) is -0.605. The van der Waals surface area contributed by atoms with E-state index in [1.165, 1.54) is 0 Å². The third kappa shape index (κ3) is 10.4. The first-order chi connectivity index (χ1) is 8.39. The largest absolute Gasteiger partial charge is 0.543 e. The Morgan fingerprint density at radius 2 is 1.83 bits per heavy atom. The van der Waals surface area contributed by atoms with Crippen molar-refractivity contribution in [1.82, 2.24) is 0 Å². The summed E-state index contributed by atoms with van der Waals surface area (Å²) in [7, 11) is 0. The van der Waals surface area contributed by atoms with Crippen LogP contribution in [0.4, 0.5) is 4.79 Å². The summed E-state index contributed by atoms with van der Waals surface area (Å²) in [6.45, 7) is 9.37. The van der Waals surface area contributed by atoms with Crippen LogP contribution in [0.25, 0.3) is 0 Å². The van der Waals surface area contributed by atoms with Crippen LogP contribution in [0.15, 0.2) is 0 Å². The second-order valence-electron chi connectivity index (χ2n) is 5.24. The van der Waals surface area contributed by atoms with Gasteiger partial charge < -0.3 is 4.74 Å². The number of hydrogen-bond acceptors (Lipinski definition) is 5. The maximum Gasteiger partial charge on any atom is 0.543 e. The molecule has 0 aliphatic rings. The molecule has 1 unspecified atom stereocenters. The van der Waals surface area contributed by atoms with Gasteiger partial charge in [-0.3, -0.25) is 0 Å². The van der Waals surface area contributed by atoms with Gasteiger partial charge in [0.15, 0.2) is 0 Å². The van der Waals surface area contributed by atoms with E-state index >= 15 is 0 Å². The SMILES string of the molecule is CCCCCC(CC)OOOC(=O)OC(C)(C)C. The molecule has 0 aromatic rings. The van der Waals surface area contributed by atoms with E-state index in [1.807, 2.05) is 6.92 Å². The Bertz CT molecular complexity index is 222. The van der Waals surface area contributed by atoms with Gasteiger partial charge in [-0.15, -0.1) is 0 Å². The lowest BCUT2D eigenvalue weighted by atomic mass is 10.1. The molecule has 1 atom stereocenters. The van der Waals surface area contributed by atoms with Crippen LogP contribution in [0.2, 0.25) is 0 Å². The van der Waals surface area contributed by atoms with E-state index in [9.17, 15) is 4.79 Å². The number of carbonyl (C=O) groups excluding carboxylic acids is 1. The number of ether oxygens (including phenoxy) is 1. The van der Waals surface area contributed by atoms with Crippen LogP contribution >= 0.6 is 0 Å². The van der Waals surface area contributed by atoms with Gasteiger partial charge in [-0.05, 0) is 38.7 Å². The summed E-state index contributed by atoms with van der Waals surface area (Å²) in [6.07, 6.45) is 4.14. The van der Waals surface area contributed by atoms with Crippen molar-refractivity contribution in [3.05, 3.63) is 0 Å². The number of carbonyl (C=O) groups is 1. The smallest absolute Gasteiger partial charge is 0.427 e. The Balaban J connectivity index is 3.69. The molecular formula is C13H26O5. The van der Waals surface area contributed by atoms with Crippen LogP contribution in [0, 0.1) is 0 Å². The van der Waals surface area contributed by atoms with Gasteiger partial charge in [0.2, 0.25) is 0 Å². The van der Waals surface area contributed by atoms with E-state index in [0.29, 0.717) is 0 Å². The lowest BCUT2D eigenvalue weighted by Crippen LogP contribution is -2.25. The fourth-order valence-electron chi connectivity index (χ4n) is 1.31. The molecule has 5 nitrogen and oxygen atoms in total. The van der Waals surface area contributed by atoms with Crippen molar-refractivity contribution in [1.29, 1.82) is 0 Å². The fraction of sp³-hybridized carbons (Fsp3) is 0.923. The van der Waals surface area contributed by atoms with Gasteiger partial charge in [0.25, 0.3) is 0 Å². The van der Waals surface area contributed by atoms with E-state index < -0.39 is 11.8 Å². The first kappa shape index (κ1) is 17.2. The molecule has 0 radical (unpaired) electrons. The first-order valence-corrected chi connectivity index (χ1v) is 6.62. The minimum absolute atomic E-state index is 0.0565. The third-order valence-electron chi connectivity index (χ3n) is 2.25. The van der Waals surface area contributed by atoms with E-state index in [-0.39, 0.29) is 6.10 Å². The standard InChI is InChI=1S/C13H26O5/c1-6-8-9-10-11(7-2)16-18-17-12(14)15-13(3,4)5/h11H,6-10H2,1-5H3. The van der Waals surface area contributed by atoms with Crippen LogP contribution < -0.4 is 0 Å². The highest BCUT2D eigenvalue weighted by Crippen LogP contribution is 2.12. The first-order valence-electron chi connectivity index (χ1n) is 6.62. The van der Waals surface area contributed by atoms with Gasteiger partial charge in [-0.2, -0.15) is 4.89 Å². The number of unbranched alkanes of at least 4 members (excludes halogenated alkanes) is 2. The summed E-state index contributed by atoms with van der Waals surface area (Å²) < 4.78 is 4.89. The van der Waals surface area contributed by atoms with Crippen molar-refractivity contribution >= 4 is 6.16 Å². The minimum Gasteiger partial charge on any atom is -0.427 e. The maximum atomic E-state index is 11.1. The normalized spacial score (nSPS) is 13.2. The van der Waals surface area contributed by atoms with E-state index in [4.69, 9.17) is 9.62 Å². The van der Waals surface area contributed by atoms with Gasteiger partial charge in [-0.25, -0.2) is 9.68 Å². The molecule has 0 spiro atoms. The molecule has 0 bridgehead atoms. The summed E-state index contributed by atoms with van der Waals surface area (Å²) in [4.78, 5) is 20.5. The predicted molar refractivity (Wildman–Crippen MR) is 67.7 cm³/mol. The van der Waals surface area contributed by atoms with Crippen LogP contribution in [0.5, 0.6) is 0 Å². The second-order valence-corrected chi connectivity index (χ2v) is 5.24. The summed E-state index contributed by atoms with van der Waals surface area (Å²) in [5, 5.41) is 4.45. The molecule has 0 aliphatic heterocycles. The van der Waals surface area contributed by atoms with Gasteiger partial charge in [0.05, 0.1) is 6.10 Å². The van der Waals surface area contributed by atoms with Gasteiger partial charge in [-0.1, -0.05) is 33.1 Å². The molecule has 0 aliphatic carbocycles. The van der Waals surface area contributed by atoms with Crippen molar-refractivity contribution in [2.45, 2.75) is 78.4 Å². The molecule has 0 fully saturated rings. The van der Waals surface area contributed by atoms with E-state index in [0.717, 1.165) is 32.1 Å². The molecule has 0 saturated heterocycles. The number of hydrogen-bond donors (Lipinski definition) is 0. The van der Waals surface area contributed by atoms with Crippen molar-refractivity contribution in [3.8, 4) is 0 Å². The summed E-state index contributed by atoms with van der Waals surface area (Å²) in [5.74, 6) is 0. The molecule has 0 aromatic heterocycles. The van der Waals surface area contributed by atoms with E-state index in [1.54, 1.807) is 20.8 Å². The Morgan fingerprint density at radius 1 is 1.17 bits per heavy atom. The molecule has 0 amide bonds. The maximum absolute atomic E-state index is 11.1. The average molecular weight is 262 g/mol. The Hall–Kier alpha value is -0.810. The highest BCUT2D eigenvalue weighted by atomic mass is 17.5. The minimum atomic E-state index is -0.897. The molecule has 0 heterocycles. The topological polar surface area (TPSA) is 54.0 Å². The lowest BCUT2D eigenvalue weighted by Gasteiger charge is -2.18. The van der Waals surface area contributed by atoms with Crippen molar-refractivity contribution in [2.75, 3.05) is 0 Å². The highest BCUT2D eigenvalue weighted by molar-refractivity contribution is 5.59. The van der Waals surface area contributed by atoms with Crippen molar-refractivity contribution in [2.24, 2.45) is 0 Å². The van der Waals surface area contributed by atoms with Gasteiger partial charge in [0.1, 0.15) is 5.60 Å². The highest BCUT2D eigenvalue weighted by Gasteiger charge is 2.19. The van der Waals surface area contributed by atoms with Crippen LogP contribution in [-0.4, -0.2) is 17.9 Å². The lowest BCUT2D eigenvalue weighted by molar-refractivity contribution is -0.503. The van der Waals surface area contributed by atoms with Crippen molar-refractivity contribution in [3.63, 3.8) is 0 Å². The molecule has 5 heteroatoms. The van der Waals surface area contributed by atoms with E-state index in [2.05, 4.69) is 16.8 Å². The second kappa shape index (κ2) is 9.16. The van der Waals surface area contributed by atoms with Gasteiger partial charge in [0, 0.05) is 0 Å². The van der Waals surface area contributed by atoms with Crippen LogP contribution in [0.1, 0.15) is 66.7 Å². The Kier molecular flexibility index (Phi) is 8.75. The Labute approximate surface area is 110 Å². The molecule has 0 rings (SSSR count). The van der Waals surface area contributed by atoms with Crippen LogP contribution in [-0.2, 0) is 19.6 Å².